The van der Waals surface area contributed by atoms with E-state index in [1.54, 1.807) is 12.1 Å². The number of hydrogen-bond donors (Lipinski definition) is 2. The third-order valence-electron chi connectivity index (χ3n) is 3.22. The Balaban J connectivity index is 1.92. The van der Waals surface area contributed by atoms with Gasteiger partial charge in [-0.3, -0.25) is 10.2 Å². The van der Waals surface area contributed by atoms with Gasteiger partial charge >= 0.3 is 0 Å². The zero-order valence-corrected chi connectivity index (χ0v) is 10.6. The van der Waals surface area contributed by atoms with Crippen LogP contribution in [-0.4, -0.2) is 37.0 Å². The molecule has 1 amide bonds. The fraction of sp³-hybridized carbons (Fsp3) is 0.462. The van der Waals surface area contributed by atoms with Crippen molar-refractivity contribution >= 4 is 5.91 Å². The van der Waals surface area contributed by atoms with Crippen LogP contribution in [0.2, 0.25) is 0 Å². The second kappa shape index (κ2) is 5.84. The first-order chi connectivity index (χ1) is 8.69. The Kier molecular flexibility index (Phi) is 4.17. The van der Waals surface area contributed by atoms with Gasteiger partial charge in [0, 0.05) is 18.7 Å². The maximum Gasteiger partial charge on any atom is 0.265 e. The third kappa shape index (κ3) is 3.21. The van der Waals surface area contributed by atoms with Gasteiger partial charge in [0.15, 0.2) is 0 Å². The van der Waals surface area contributed by atoms with Crippen LogP contribution >= 0.6 is 0 Å². The normalized spacial score (nSPS) is 17.4. The van der Waals surface area contributed by atoms with Gasteiger partial charge in [0.05, 0.1) is 0 Å². The van der Waals surface area contributed by atoms with Crippen molar-refractivity contribution in [1.29, 1.82) is 0 Å². The molecule has 0 bridgehead atoms. The predicted octanol–water partition coefficient (Wildman–Crippen LogP) is 0.763. The summed E-state index contributed by atoms with van der Waals surface area (Å²) in [5.74, 6) is 5.58. The topological polar surface area (TPSA) is 67.6 Å². The molecule has 18 heavy (non-hydrogen) atoms. The molecular formula is C13H19N3O2. The van der Waals surface area contributed by atoms with E-state index in [0.717, 1.165) is 31.7 Å². The lowest BCUT2D eigenvalue weighted by molar-refractivity contribution is 0.0953. The molecule has 0 aliphatic carbocycles. The number of piperidine rings is 1. The molecule has 1 aromatic rings. The molecule has 1 aliphatic rings. The molecule has 0 radical (unpaired) electrons. The highest BCUT2D eigenvalue weighted by atomic mass is 16.5. The summed E-state index contributed by atoms with van der Waals surface area (Å²) in [6, 6.07) is 7.05. The lowest BCUT2D eigenvalue weighted by atomic mass is 10.1. The Morgan fingerprint density at radius 1 is 1.33 bits per heavy atom. The molecule has 0 unspecified atom stereocenters. The van der Waals surface area contributed by atoms with Crippen molar-refractivity contribution in [1.82, 2.24) is 10.3 Å². The summed E-state index contributed by atoms with van der Waals surface area (Å²) in [4.78, 5) is 13.6. The maximum atomic E-state index is 11.3. The number of amides is 1. The number of carbonyl (C=O) groups is 1. The zero-order valence-electron chi connectivity index (χ0n) is 10.6. The Morgan fingerprint density at radius 2 is 1.94 bits per heavy atom. The van der Waals surface area contributed by atoms with Crippen LogP contribution in [0.3, 0.4) is 0 Å². The zero-order chi connectivity index (χ0) is 13.0. The van der Waals surface area contributed by atoms with E-state index in [1.165, 1.54) is 0 Å². The number of hydrogen-bond acceptors (Lipinski definition) is 4. The molecule has 1 heterocycles. The number of likely N-dealkylation sites (tertiary alicyclic amines) is 1. The Hall–Kier alpha value is -1.59. The van der Waals surface area contributed by atoms with Crippen LogP contribution in [0.25, 0.3) is 0 Å². The summed E-state index contributed by atoms with van der Waals surface area (Å²) in [7, 11) is 2.12. The van der Waals surface area contributed by atoms with Crippen LogP contribution in [0.5, 0.6) is 5.75 Å². The van der Waals surface area contributed by atoms with Crippen molar-refractivity contribution in [3.8, 4) is 5.75 Å². The van der Waals surface area contributed by atoms with E-state index in [1.807, 2.05) is 12.1 Å². The van der Waals surface area contributed by atoms with Crippen molar-refractivity contribution in [3.05, 3.63) is 29.8 Å². The van der Waals surface area contributed by atoms with Crippen molar-refractivity contribution < 1.29 is 9.53 Å². The Labute approximate surface area is 107 Å². The second-order valence-electron chi connectivity index (χ2n) is 4.62. The first-order valence-electron chi connectivity index (χ1n) is 6.15. The van der Waals surface area contributed by atoms with E-state index in [4.69, 9.17) is 10.6 Å². The average molecular weight is 249 g/mol. The molecule has 3 N–H and O–H groups in total. The number of rotatable bonds is 3. The minimum Gasteiger partial charge on any atom is -0.490 e. The molecule has 5 nitrogen and oxygen atoms in total. The molecule has 5 heteroatoms. The SMILES string of the molecule is CN1CCC(Oc2ccc(C(=O)NN)cc2)CC1. The molecule has 0 atom stereocenters. The van der Waals surface area contributed by atoms with E-state index in [2.05, 4.69) is 17.4 Å². The minimum absolute atomic E-state index is 0.274. The fourth-order valence-corrected chi connectivity index (χ4v) is 2.06. The number of carbonyl (C=O) groups excluding carboxylic acids is 1. The highest BCUT2D eigenvalue weighted by Crippen LogP contribution is 2.19. The summed E-state index contributed by atoms with van der Waals surface area (Å²) in [5, 5.41) is 0. The average Bonchev–Trinajstić information content (AvgIpc) is 2.41. The lowest BCUT2D eigenvalue weighted by Gasteiger charge is -2.29. The number of hydrazine groups is 1. The van der Waals surface area contributed by atoms with Crippen LogP contribution in [0, 0.1) is 0 Å². The number of nitrogens with zero attached hydrogens (tertiary/aromatic N) is 1. The second-order valence-corrected chi connectivity index (χ2v) is 4.62. The summed E-state index contributed by atoms with van der Waals surface area (Å²) in [6.45, 7) is 2.14. The van der Waals surface area contributed by atoms with E-state index in [-0.39, 0.29) is 12.0 Å². The largest absolute Gasteiger partial charge is 0.490 e. The van der Waals surface area contributed by atoms with Crippen molar-refractivity contribution in [2.75, 3.05) is 20.1 Å². The molecule has 1 aromatic carbocycles. The molecule has 1 fully saturated rings. The highest BCUT2D eigenvalue weighted by molar-refractivity contribution is 5.93. The monoisotopic (exact) mass is 249 g/mol. The standard InChI is InChI=1S/C13H19N3O2/c1-16-8-6-12(7-9-16)18-11-4-2-10(3-5-11)13(17)15-14/h2-5,12H,6-9,14H2,1H3,(H,15,17). The van der Waals surface area contributed by atoms with Crippen molar-refractivity contribution in [2.24, 2.45) is 5.84 Å². The smallest absolute Gasteiger partial charge is 0.265 e. The number of nitrogens with two attached hydrogens (primary N) is 1. The van der Waals surface area contributed by atoms with Crippen LogP contribution < -0.4 is 16.0 Å². The number of ether oxygens (including phenoxy) is 1. The summed E-state index contributed by atoms with van der Waals surface area (Å²) < 4.78 is 5.88. The van der Waals surface area contributed by atoms with Crippen LogP contribution in [0.1, 0.15) is 23.2 Å². The van der Waals surface area contributed by atoms with Gasteiger partial charge in [-0.15, -0.1) is 0 Å². The number of nitrogens with one attached hydrogen (secondary N) is 1. The Bertz CT molecular complexity index is 397. The van der Waals surface area contributed by atoms with Crippen molar-refractivity contribution in [2.45, 2.75) is 18.9 Å². The minimum atomic E-state index is -0.291. The number of nitrogen functional groups attached to an aromatic ring is 1. The molecule has 0 aromatic heterocycles. The molecule has 98 valence electrons. The van der Waals surface area contributed by atoms with Crippen LogP contribution in [-0.2, 0) is 0 Å². The van der Waals surface area contributed by atoms with Gasteiger partial charge < -0.3 is 9.64 Å². The molecule has 1 saturated heterocycles. The Morgan fingerprint density at radius 3 is 2.50 bits per heavy atom. The van der Waals surface area contributed by atoms with Gasteiger partial charge in [0.2, 0.25) is 0 Å². The first-order valence-corrected chi connectivity index (χ1v) is 6.15. The number of benzene rings is 1. The summed E-state index contributed by atoms with van der Waals surface area (Å²) in [5.41, 5.74) is 2.64. The van der Waals surface area contributed by atoms with E-state index < -0.39 is 0 Å². The molecule has 0 spiro atoms. The highest BCUT2D eigenvalue weighted by Gasteiger charge is 2.17. The van der Waals surface area contributed by atoms with Gasteiger partial charge in [-0.25, -0.2) is 5.84 Å². The van der Waals surface area contributed by atoms with E-state index in [0.29, 0.717) is 5.56 Å². The quantitative estimate of drug-likeness (QED) is 0.471. The molecule has 0 saturated carbocycles. The summed E-state index contributed by atoms with van der Waals surface area (Å²) >= 11 is 0. The van der Waals surface area contributed by atoms with Gasteiger partial charge in [-0.2, -0.15) is 0 Å². The molecule has 1 aliphatic heterocycles. The van der Waals surface area contributed by atoms with Crippen LogP contribution in [0.15, 0.2) is 24.3 Å². The summed E-state index contributed by atoms with van der Waals surface area (Å²) in [6.07, 6.45) is 2.36. The van der Waals surface area contributed by atoms with Gasteiger partial charge in [0.25, 0.3) is 5.91 Å². The maximum absolute atomic E-state index is 11.3. The third-order valence-corrected chi connectivity index (χ3v) is 3.22. The predicted molar refractivity (Wildman–Crippen MR) is 69.2 cm³/mol. The van der Waals surface area contributed by atoms with Crippen molar-refractivity contribution in [3.63, 3.8) is 0 Å². The van der Waals surface area contributed by atoms with Crippen LogP contribution in [0.4, 0.5) is 0 Å². The lowest BCUT2D eigenvalue weighted by Crippen LogP contribution is -2.35. The first kappa shape index (κ1) is 12.9. The molecule has 2 rings (SSSR count). The van der Waals surface area contributed by atoms with E-state index in [9.17, 15) is 4.79 Å². The van der Waals surface area contributed by atoms with Gasteiger partial charge in [-0.1, -0.05) is 0 Å². The van der Waals surface area contributed by atoms with Gasteiger partial charge in [0.1, 0.15) is 11.9 Å². The van der Waals surface area contributed by atoms with Gasteiger partial charge in [-0.05, 0) is 44.2 Å². The van der Waals surface area contributed by atoms with E-state index >= 15 is 0 Å². The fourth-order valence-electron chi connectivity index (χ4n) is 2.06. The molecular weight excluding hydrogens is 230 g/mol.